The zero-order valence-corrected chi connectivity index (χ0v) is 28.9. The molecule has 2 saturated heterocycles. The summed E-state index contributed by atoms with van der Waals surface area (Å²) in [5.74, 6) is -0.931. The Kier molecular flexibility index (Phi) is 12.6. The molecule has 1 atom stereocenters. The lowest BCUT2D eigenvalue weighted by Crippen LogP contribution is -2.48. The van der Waals surface area contributed by atoms with E-state index in [4.69, 9.17) is 19.3 Å². The van der Waals surface area contributed by atoms with Crippen molar-refractivity contribution in [1.82, 2.24) is 9.80 Å². The summed E-state index contributed by atoms with van der Waals surface area (Å²) in [7, 11) is 0. The molecule has 0 radical (unpaired) electrons. The third-order valence-corrected chi connectivity index (χ3v) is 7.99. The van der Waals surface area contributed by atoms with Crippen molar-refractivity contribution in [3.63, 3.8) is 0 Å². The number of ether oxygens (including phenoxy) is 3. The number of rotatable bonds is 5. The van der Waals surface area contributed by atoms with Crippen LogP contribution in [0.2, 0.25) is 0 Å². The van der Waals surface area contributed by atoms with Gasteiger partial charge in [0.2, 0.25) is 5.91 Å². The molecule has 2 aliphatic heterocycles. The van der Waals surface area contributed by atoms with Crippen LogP contribution in [-0.2, 0) is 19.1 Å². The van der Waals surface area contributed by atoms with Crippen molar-refractivity contribution in [3.8, 4) is 5.75 Å². The first kappa shape index (κ1) is 39.5. The number of likely N-dealkylation sites (tertiary alicyclic amines) is 2. The maximum absolute atomic E-state index is 12.8. The monoisotopic (exact) mass is 673 g/mol. The van der Waals surface area contributed by atoms with E-state index in [1.807, 2.05) is 27.7 Å². The van der Waals surface area contributed by atoms with E-state index in [-0.39, 0.29) is 17.7 Å². The molecule has 2 N–H and O–H groups in total. The maximum atomic E-state index is 12.8. The lowest BCUT2D eigenvalue weighted by atomic mass is 9.79. The molecule has 0 bridgehead atoms. The van der Waals surface area contributed by atoms with E-state index in [2.05, 4.69) is 5.32 Å². The number of piperidine rings is 2. The zero-order chi connectivity index (χ0) is 36.0. The smallest absolute Gasteiger partial charge is 0.425 e. The summed E-state index contributed by atoms with van der Waals surface area (Å²) < 4.78 is 53.2. The number of aliphatic carboxylic acids is 1. The van der Waals surface area contributed by atoms with Gasteiger partial charge >= 0.3 is 24.3 Å². The van der Waals surface area contributed by atoms with Crippen molar-refractivity contribution in [1.29, 1.82) is 0 Å². The van der Waals surface area contributed by atoms with Crippen LogP contribution in [0.5, 0.6) is 5.75 Å². The quantitative estimate of drug-likeness (QED) is 0.338. The van der Waals surface area contributed by atoms with E-state index < -0.39 is 46.4 Å². The molecule has 3 rings (SSSR count). The summed E-state index contributed by atoms with van der Waals surface area (Å²) in [6, 6.07) is 5.75. The predicted molar refractivity (Wildman–Crippen MR) is 169 cm³/mol. The summed E-state index contributed by atoms with van der Waals surface area (Å²) >= 11 is 0. The van der Waals surface area contributed by atoms with Crippen LogP contribution in [-0.4, -0.2) is 88.6 Å². The third-order valence-electron chi connectivity index (χ3n) is 7.99. The zero-order valence-electron chi connectivity index (χ0n) is 28.9. The average Bonchev–Trinajstić information content (AvgIpc) is 2.92. The van der Waals surface area contributed by atoms with Gasteiger partial charge in [-0.2, -0.15) is 13.2 Å². The second kappa shape index (κ2) is 15.0. The molecule has 2 fully saturated rings. The van der Waals surface area contributed by atoms with Gasteiger partial charge < -0.3 is 34.4 Å². The summed E-state index contributed by atoms with van der Waals surface area (Å²) in [6.45, 7) is 17.0. The van der Waals surface area contributed by atoms with Gasteiger partial charge in [-0.1, -0.05) is 6.92 Å². The largest absolute Gasteiger partial charge is 0.481 e. The minimum Gasteiger partial charge on any atom is -0.481 e. The third kappa shape index (κ3) is 12.4. The number of hydrogen-bond donors (Lipinski definition) is 2. The van der Waals surface area contributed by atoms with Gasteiger partial charge in [0.15, 0.2) is 6.10 Å². The summed E-state index contributed by atoms with van der Waals surface area (Å²) in [6.07, 6.45) is -5.23. The van der Waals surface area contributed by atoms with Crippen molar-refractivity contribution < 1.29 is 51.7 Å². The summed E-state index contributed by atoms with van der Waals surface area (Å²) in [5, 5.41) is 11.9. The first-order valence-electron chi connectivity index (χ1n) is 15.7. The molecule has 2 heterocycles. The van der Waals surface area contributed by atoms with E-state index in [0.29, 0.717) is 57.5 Å². The second-order valence-corrected chi connectivity index (χ2v) is 14.6. The molecule has 0 saturated carbocycles. The van der Waals surface area contributed by atoms with E-state index in [0.717, 1.165) is 6.92 Å². The number of amides is 3. The van der Waals surface area contributed by atoms with Gasteiger partial charge in [0, 0.05) is 31.9 Å². The van der Waals surface area contributed by atoms with Crippen molar-refractivity contribution in [2.45, 2.75) is 111 Å². The average molecular weight is 674 g/mol. The second-order valence-electron chi connectivity index (χ2n) is 14.6. The molecule has 0 aliphatic carbocycles. The van der Waals surface area contributed by atoms with Crippen molar-refractivity contribution in [2.75, 3.05) is 31.5 Å². The number of alkyl halides is 3. The Morgan fingerprint density at radius 1 is 0.766 bits per heavy atom. The number of hydrogen-bond acceptors (Lipinski definition) is 7. The standard InChI is InChI=1S/C21H29F3N2O4.C12H21NO4/c1-14(21(22,23)24)29-16-8-6-15(7-9-16)25-17(27)20(5)10-12-26(13-11-20)18(28)30-19(2,3)4;1-11(2,3)17-10(16)13-7-5-12(4,6-8-13)9(14)15/h6-9,14H,10-13H2,1-5H3,(H,25,27);5-8H2,1-4H3,(H,14,15). The Bertz CT molecular complexity index is 1240. The van der Waals surface area contributed by atoms with Crippen molar-refractivity contribution in [3.05, 3.63) is 24.3 Å². The van der Waals surface area contributed by atoms with Gasteiger partial charge in [-0.25, -0.2) is 9.59 Å². The van der Waals surface area contributed by atoms with Gasteiger partial charge in [0.05, 0.1) is 10.8 Å². The molecule has 0 spiro atoms. The number of anilines is 1. The van der Waals surface area contributed by atoms with Gasteiger partial charge in [-0.05, 0) is 105 Å². The van der Waals surface area contributed by atoms with E-state index in [1.54, 1.807) is 37.5 Å². The highest BCUT2D eigenvalue weighted by Gasteiger charge is 2.41. The number of carboxylic acid groups (broad SMARTS) is 1. The fourth-order valence-electron chi connectivity index (χ4n) is 4.63. The topological polar surface area (TPSA) is 135 Å². The molecule has 1 aromatic rings. The first-order chi connectivity index (χ1) is 21.3. The Morgan fingerprint density at radius 2 is 1.15 bits per heavy atom. The van der Waals surface area contributed by atoms with Crippen LogP contribution in [0, 0.1) is 10.8 Å². The van der Waals surface area contributed by atoms with E-state index in [1.165, 1.54) is 24.3 Å². The van der Waals surface area contributed by atoms with E-state index >= 15 is 0 Å². The van der Waals surface area contributed by atoms with Crippen molar-refractivity contribution in [2.24, 2.45) is 10.8 Å². The molecule has 1 unspecified atom stereocenters. The highest BCUT2D eigenvalue weighted by Crippen LogP contribution is 2.34. The van der Waals surface area contributed by atoms with Crippen LogP contribution >= 0.6 is 0 Å². The number of carboxylic acids is 1. The SMILES string of the molecule is CC(C)(C)OC(=O)N1CCC(C)(C(=O)O)CC1.CC(Oc1ccc(NC(=O)C2(C)CCN(C(=O)OC(C)(C)C)CC2)cc1)C(F)(F)F. The Morgan fingerprint density at radius 3 is 1.49 bits per heavy atom. The molecular weight excluding hydrogens is 623 g/mol. The van der Waals surface area contributed by atoms with Crippen LogP contribution in [0.15, 0.2) is 24.3 Å². The van der Waals surface area contributed by atoms with Gasteiger partial charge in [0.25, 0.3) is 0 Å². The molecule has 47 heavy (non-hydrogen) atoms. The minimum absolute atomic E-state index is 0.0645. The lowest BCUT2D eigenvalue weighted by molar-refractivity contribution is -0.189. The van der Waals surface area contributed by atoms with Crippen LogP contribution in [0.3, 0.4) is 0 Å². The first-order valence-corrected chi connectivity index (χ1v) is 15.7. The fourth-order valence-corrected chi connectivity index (χ4v) is 4.63. The Hall–Kier alpha value is -3.71. The van der Waals surface area contributed by atoms with Crippen LogP contribution in [0.25, 0.3) is 0 Å². The molecule has 0 aromatic heterocycles. The molecule has 266 valence electrons. The molecule has 3 amide bonds. The number of halogens is 3. The number of carbonyl (C=O) groups excluding carboxylic acids is 3. The molecular formula is C33H50F3N3O8. The van der Waals surface area contributed by atoms with Crippen LogP contribution in [0.4, 0.5) is 28.4 Å². The van der Waals surface area contributed by atoms with Crippen LogP contribution < -0.4 is 10.1 Å². The van der Waals surface area contributed by atoms with Crippen LogP contribution in [0.1, 0.15) is 88.0 Å². The van der Waals surface area contributed by atoms with Gasteiger partial charge in [-0.15, -0.1) is 0 Å². The highest BCUT2D eigenvalue weighted by atomic mass is 19.4. The van der Waals surface area contributed by atoms with Crippen molar-refractivity contribution >= 4 is 29.8 Å². The molecule has 11 nitrogen and oxygen atoms in total. The summed E-state index contributed by atoms with van der Waals surface area (Å²) in [4.78, 5) is 50.9. The number of nitrogens with zero attached hydrogens (tertiary/aromatic N) is 2. The minimum atomic E-state index is -4.45. The Balaban J connectivity index is 0.000000382. The normalized spacial score (nSPS) is 18.6. The van der Waals surface area contributed by atoms with Gasteiger partial charge in [0.1, 0.15) is 17.0 Å². The maximum Gasteiger partial charge on any atom is 0.425 e. The fraction of sp³-hybridized carbons (Fsp3) is 0.697. The highest BCUT2D eigenvalue weighted by molar-refractivity contribution is 5.95. The Labute approximate surface area is 275 Å². The number of nitrogens with one attached hydrogen (secondary N) is 1. The molecule has 14 heteroatoms. The lowest BCUT2D eigenvalue weighted by Gasteiger charge is -2.38. The van der Waals surface area contributed by atoms with E-state index in [9.17, 15) is 32.3 Å². The van der Waals surface area contributed by atoms with Gasteiger partial charge in [-0.3, -0.25) is 9.59 Å². The number of carbonyl (C=O) groups is 4. The summed E-state index contributed by atoms with van der Waals surface area (Å²) in [5.41, 5.74) is -2.01. The predicted octanol–water partition coefficient (Wildman–Crippen LogP) is 7.10. The molecule has 2 aliphatic rings. The molecule has 1 aromatic carbocycles. The number of benzene rings is 1.